The summed E-state index contributed by atoms with van der Waals surface area (Å²) in [7, 11) is 5.76. The van der Waals surface area contributed by atoms with E-state index in [1.807, 2.05) is 17.3 Å². The van der Waals surface area contributed by atoms with Crippen molar-refractivity contribution in [2.45, 2.75) is 44.1 Å². The van der Waals surface area contributed by atoms with Gasteiger partial charge in [0.1, 0.15) is 0 Å². The zero-order valence-corrected chi connectivity index (χ0v) is 19.9. The lowest BCUT2D eigenvalue weighted by Gasteiger charge is -2.36. The molecule has 1 fully saturated rings. The topological polar surface area (TPSA) is 74.3 Å². The van der Waals surface area contributed by atoms with Gasteiger partial charge in [0.25, 0.3) is 0 Å². The number of benzene rings is 1. The van der Waals surface area contributed by atoms with Crippen LogP contribution in [0, 0.1) is 0 Å². The third kappa shape index (κ3) is 4.74. The van der Waals surface area contributed by atoms with Gasteiger partial charge in [-0.2, -0.15) is 0 Å². The second kappa shape index (κ2) is 10.2. The molecule has 0 unspecified atom stereocenters. The van der Waals surface area contributed by atoms with Crippen LogP contribution in [-0.2, 0) is 19.1 Å². The van der Waals surface area contributed by atoms with Crippen molar-refractivity contribution in [2.75, 3.05) is 28.4 Å². The number of ether oxygens (including phenoxy) is 4. The zero-order valence-electron chi connectivity index (χ0n) is 18.3. The van der Waals surface area contributed by atoms with Crippen molar-refractivity contribution in [2.24, 2.45) is 0 Å². The smallest absolute Gasteiger partial charge is 0.336 e. The van der Waals surface area contributed by atoms with E-state index >= 15 is 0 Å². The van der Waals surface area contributed by atoms with Crippen molar-refractivity contribution in [3.8, 4) is 11.5 Å². The summed E-state index contributed by atoms with van der Waals surface area (Å²) in [6.07, 6.45) is 9.06. The fourth-order valence-corrected chi connectivity index (χ4v) is 4.82. The van der Waals surface area contributed by atoms with E-state index in [0.717, 1.165) is 25.7 Å². The van der Waals surface area contributed by atoms with Gasteiger partial charge in [-0.1, -0.05) is 35.2 Å². The van der Waals surface area contributed by atoms with E-state index in [1.54, 1.807) is 19.2 Å². The van der Waals surface area contributed by atoms with E-state index in [-0.39, 0.29) is 6.04 Å². The van der Waals surface area contributed by atoms with Crippen LogP contribution in [0.1, 0.15) is 43.6 Å². The molecule has 0 radical (unpaired) electrons. The Morgan fingerprint density at radius 1 is 0.871 bits per heavy atom. The zero-order chi connectivity index (χ0) is 22.5. The van der Waals surface area contributed by atoms with Crippen LogP contribution in [0.3, 0.4) is 0 Å². The van der Waals surface area contributed by atoms with Crippen LogP contribution in [0.25, 0.3) is 0 Å². The summed E-state index contributed by atoms with van der Waals surface area (Å²) in [5, 5.41) is 0. The van der Waals surface area contributed by atoms with Crippen LogP contribution in [0.5, 0.6) is 11.5 Å². The van der Waals surface area contributed by atoms with Crippen molar-refractivity contribution in [3.63, 3.8) is 0 Å². The first-order chi connectivity index (χ1) is 14.9. The third-order valence-electron chi connectivity index (χ3n) is 5.85. The molecule has 0 atom stereocenters. The van der Waals surface area contributed by atoms with Gasteiger partial charge in [-0.25, -0.2) is 9.59 Å². The van der Waals surface area contributed by atoms with Gasteiger partial charge in [0, 0.05) is 22.9 Å². The summed E-state index contributed by atoms with van der Waals surface area (Å²) in [6, 6.07) is 3.74. The minimum Gasteiger partial charge on any atom is -0.493 e. The molecule has 1 aromatic carbocycles. The molecule has 0 aromatic heterocycles. The van der Waals surface area contributed by atoms with Crippen molar-refractivity contribution < 1.29 is 28.5 Å². The van der Waals surface area contributed by atoms with Crippen molar-refractivity contribution >= 4 is 27.9 Å². The number of rotatable bonds is 6. The minimum absolute atomic E-state index is 0.225. The van der Waals surface area contributed by atoms with E-state index in [0.29, 0.717) is 32.7 Å². The predicted molar refractivity (Wildman–Crippen MR) is 119 cm³/mol. The average molecular weight is 494 g/mol. The number of hydrogen-bond acceptors (Lipinski definition) is 7. The molecule has 31 heavy (non-hydrogen) atoms. The van der Waals surface area contributed by atoms with Crippen LogP contribution in [0.4, 0.5) is 0 Å². The van der Waals surface area contributed by atoms with E-state index in [4.69, 9.17) is 18.9 Å². The van der Waals surface area contributed by atoms with Gasteiger partial charge >= 0.3 is 11.9 Å². The SMILES string of the molecule is COC(=O)C1=CN(C2CCCCC2)C=C(C(=O)OC)C1c1cc(OC)c(OC)cc1Br. The summed E-state index contributed by atoms with van der Waals surface area (Å²) >= 11 is 3.57. The Hall–Kier alpha value is -2.48. The molecule has 8 heteroatoms. The summed E-state index contributed by atoms with van der Waals surface area (Å²) < 4.78 is 21.7. The molecule has 0 saturated heterocycles. The van der Waals surface area contributed by atoms with Crippen LogP contribution >= 0.6 is 15.9 Å². The van der Waals surface area contributed by atoms with Gasteiger partial charge in [-0.3, -0.25) is 0 Å². The Labute approximate surface area is 191 Å². The van der Waals surface area contributed by atoms with E-state index in [9.17, 15) is 9.59 Å². The Morgan fingerprint density at radius 2 is 1.39 bits per heavy atom. The molecule has 0 spiro atoms. The number of halogens is 1. The molecule has 1 aromatic rings. The lowest BCUT2D eigenvalue weighted by Crippen LogP contribution is -2.35. The predicted octanol–water partition coefficient (Wildman–Crippen LogP) is 4.31. The first-order valence-electron chi connectivity index (χ1n) is 10.2. The minimum atomic E-state index is -0.686. The maximum atomic E-state index is 12.9. The van der Waals surface area contributed by atoms with Crippen molar-refractivity contribution in [1.82, 2.24) is 4.90 Å². The summed E-state index contributed by atoms with van der Waals surface area (Å²) in [5.74, 6) is -0.660. The van der Waals surface area contributed by atoms with Crippen molar-refractivity contribution in [3.05, 3.63) is 45.7 Å². The molecule has 1 heterocycles. The number of hydrogen-bond donors (Lipinski definition) is 0. The van der Waals surface area contributed by atoms with Crippen molar-refractivity contribution in [1.29, 1.82) is 0 Å². The van der Waals surface area contributed by atoms with Gasteiger partial charge in [-0.15, -0.1) is 0 Å². The molecule has 168 valence electrons. The first-order valence-corrected chi connectivity index (χ1v) is 11.0. The summed E-state index contributed by atoms with van der Waals surface area (Å²) in [4.78, 5) is 27.7. The third-order valence-corrected chi connectivity index (χ3v) is 6.54. The molecular formula is C23H28BrNO6. The molecule has 0 bridgehead atoms. The van der Waals surface area contributed by atoms with Crippen LogP contribution in [0.2, 0.25) is 0 Å². The largest absolute Gasteiger partial charge is 0.493 e. The number of carbonyl (C=O) groups excluding carboxylic acids is 2. The number of esters is 2. The van der Waals surface area contributed by atoms with E-state index in [2.05, 4.69) is 15.9 Å². The van der Waals surface area contributed by atoms with Crippen LogP contribution in [-0.4, -0.2) is 51.3 Å². The molecular weight excluding hydrogens is 466 g/mol. The average Bonchev–Trinajstić information content (AvgIpc) is 2.82. The fourth-order valence-electron chi connectivity index (χ4n) is 4.27. The van der Waals surface area contributed by atoms with Gasteiger partial charge < -0.3 is 23.8 Å². The standard InChI is InChI=1S/C23H28BrNO6/c1-28-19-10-15(18(24)11-20(19)29-2)21-16(22(26)30-3)12-25(13-17(21)23(27)31-4)14-8-6-5-7-9-14/h10-14,21H,5-9H2,1-4H3. The second-order valence-electron chi connectivity index (χ2n) is 7.55. The van der Waals surface area contributed by atoms with E-state index < -0.39 is 17.9 Å². The molecule has 2 aliphatic rings. The number of methoxy groups -OCH3 is 4. The molecule has 1 aliphatic heterocycles. The number of carbonyl (C=O) groups is 2. The Bertz CT molecular complexity index is 870. The van der Waals surface area contributed by atoms with Gasteiger partial charge in [-0.05, 0) is 30.5 Å². The Morgan fingerprint density at radius 3 is 1.87 bits per heavy atom. The quantitative estimate of drug-likeness (QED) is 0.546. The molecule has 0 N–H and O–H groups in total. The van der Waals surface area contributed by atoms with Gasteiger partial charge in [0.15, 0.2) is 11.5 Å². The molecule has 1 aliphatic carbocycles. The lowest BCUT2D eigenvalue weighted by atomic mass is 9.82. The normalized spacial score (nSPS) is 17.5. The van der Waals surface area contributed by atoms with E-state index in [1.165, 1.54) is 27.8 Å². The second-order valence-corrected chi connectivity index (χ2v) is 8.41. The van der Waals surface area contributed by atoms with Crippen LogP contribution < -0.4 is 9.47 Å². The summed E-state index contributed by atoms with van der Waals surface area (Å²) in [5.41, 5.74) is 1.40. The maximum Gasteiger partial charge on any atom is 0.336 e. The maximum absolute atomic E-state index is 12.9. The Balaban J connectivity index is 2.17. The Kier molecular flexibility index (Phi) is 7.64. The highest BCUT2D eigenvalue weighted by Gasteiger charge is 2.38. The van der Waals surface area contributed by atoms with Crippen LogP contribution in [0.15, 0.2) is 40.2 Å². The van der Waals surface area contributed by atoms with Gasteiger partial charge in [0.05, 0.1) is 45.5 Å². The molecule has 0 amide bonds. The highest BCUT2D eigenvalue weighted by Crippen LogP contribution is 2.45. The monoisotopic (exact) mass is 493 g/mol. The first kappa shape index (κ1) is 23.2. The highest BCUT2D eigenvalue weighted by atomic mass is 79.9. The molecule has 1 saturated carbocycles. The fraction of sp³-hybridized carbons (Fsp3) is 0.478. The molecule has 7 nitrogen and oxygen atoms in total. The lowest BCUT2D eigenvalue weighted by molar-refractivity contribution is -0.137. The number of nitrogens with zero attached hydrogens (tertiary/aromatic N) is 1. The highest BCUT2D eigenvalue weighted by molar-refractivity contribution is 9.10. The van der Waals surface area contributed by atoms with Gasteiger partial charge in [0.2, 0.25) is 0 Å². The summed E-state index contributed by atoms with van der Waals surface area (Å²) in [6.45, 7) is 0. The molecule has 3 rings (SSSR count).